The van der Waals surface area contributed by atoms with Crippen LogP contribution in [0, 0.1) is 5.41 Å². The van der Waals surface area contributed by atoms with Gasteiger partial charge in [0.25, 0.3) is 0 Å². The van der Waals surface area contributed by atoms with Crippen LogP contribution in [0.2, 0.25) is 0 Å². The molecule has 5 heteroatoms. The monoisotopic (exact) mass is 316 g/mol. The van der Waals surface area contributed by atoms with Crippen molar-refractivity contribution in [2.45, 2.75) is 37.9 Å². The smallest absolute Gasteiger partial charge is 0.373 e. The number of carbonyl (C=O) groups excluding carboxylic acids is 2. The van der Waals surface area contributed by atoms with E-state index in [2.05, 4.69) is 0 Å². The molecule has 1 saturated carbocycles. The third-order valence-corrected chi connectivity index (χ3v) is 4.86. The fraction of sp³-hybridized carbons (Fsp3) is 0.444. The van der Waals surface area contributed by atoms with Crippen molar-refractivity contribution in [2.75, 3.05) is 7.11 Å². The van der Waals surface area contributed by atoms with E-state index < -0.39 is 23.6 Å². The van der Waals surface area contributed by atoms with E-state index >= 15 is 0 Å². The molecule has 0 saturated heterocycles. The molecule has 0 radical (unpaired) electrons. The molecular weight excluding hydrogens is 296 g/mol. The quantitative estimate of drug-likeness (QED) is 0.848. The highest BCUT2D eigenvalue weighted by Crippen LogP contribution is 2.51. The highest BCUT2D eigenvalue weighted by atomic mass is 16.6. The Morgan fingerprint density at radius 2 is 2.04 bits per heavy atom. The van der Waals surface area contributed by atoms with Crippen molar-refractivity contribution in [1.82, 2.24) is 0 Å². The van der Waals surface area contributed by atoms with Gasteiger partial charge >= 0.3 is 5.97 Å². The summed E-state index contributed by atoms with van der Waals surface area (Å²) in [6.07, 6.45) is 2.90. The summed E-state index contributed by atoms with van der Waals surface area (Å²) in [5.74, 6) is -1.11. The van der Waals surface area contributed by atoms with Crippen molar-refractivity contribution >= 4 is 11.8 Å². The van der Waals surface area contributed by atoms with E-state index in [1.165, 1.54) is 7.11 Å². The number of aliphatic hydroxyl groups excluding tert-OH is 1. The summed E-state index contributed by atoms with van der Waals surface area (Å²) in [5, 5.41) is 10.6. The summed E-state index contributed by atoms with van der Waals surface area (Å²) >= 11 is 0. The van der Waals surface area contributed by atoms with Gasteiger partial charge in [0.05, 0.1) is 7.11 Å². The van der Waals surface area contributed by atoms with E-state index in [-0.39, 0.29) is 11.5 Å². The maximum atomic E-state index is 12.7. The second-order valence-corrected chi connectivity index (χ2v) is 6.05. The normalized spacial score (nSPS) is 30.5. The number of allylic oxidation sites excluding steroid dienone is 1. The Balaban J connectivity index is 2.12. The lowest BCUT2D eigenvalue weighted by Gasteiger charge is -2.46. The highest BCUT2D eigenvalue weighted by molar-refractivity contribution is 5.90. The maximum Gasteiger partial charge on any atom is 0.373 e. The molecule has 0 aromatic heterocycles. The Bertz CT molecular complexity index is 636. The molecule has 1 unspecified atom stereocenters. The van der Waals surface area contributed by atoms with Crippen LogP contribution < -0.4 is 0 Å². The average molecular weight is 316 g/mol. The second-order valence-electron chi connectivity index (χ2n) is 6.05. The number of aliphatic hydroxyl groups is 1. The number of carbonyl (C=O) groups is 2. The van der Waals surface area contributed by atoms with Crippen LogP contribution in [0.1, 0.15) is 37.2 Å². The number of Topliss-reactive ketones (excluding diaryl/α,β-unsaturated/α-hetero) is 1. The highest BCUT2D eigenvalue weighted by Gasteiger charge is 2.55. The van der Waals surface area contributed by atoms with Crippen LogP contribution in [0.3, 0.4) is 0 Å². The fourth-order valence-electron chi connectivity index (χ4n) is 3.65. The lowest BCUT2D eigenvalue weighted by atomic mass is 9.61. The zero-order valence-electron chi connectivity index (χ0n) is 13.0. The zero-order chi connectivity index (χ0) is 16.4. The average Bonchev–Trinajstić information content (AvgIpc) is 2.59. The van der Waals surface area contributed by atoms with Gasteiger partial charge in [-0.2, -0.15) is 0 Å². The van der Waals surface area contributed by atoms with Gasteiger partial charge in [-0.05, 0) is 24.5 Å². The Kier molecular flexibility index (Phi) is 4.22. The number of esters is 1. The van der Waals surface area contributed by atoms with Crippen molar-refractivity contribution < 1.29 is 24.2 Å². The minimum absolute atomic E-state index is 0.00901. The molecule has 122 valence electrons. The van der Waals surface area contributed by atoms with Gasteiger partial charge < -0.3 is 14.6 Å². The SMILES string of the molecule is COC(=O)C1=C[C@H](c2ccccc2)[C@]2(CCCCC2=O)C(O)O1. The minimum atomic E-state index is -1.35. The van der Waals surface area contributed by atoms with E-state index in [0.29, 0.717) is 12.8 Å². The van der Waals surface area contributed by atoms with Crippen LogP contribution in [0.15, 0.2) is 42.2 Å². The van der Waals surface area contributed by atoms with Crippen molar-refractivity contribution in [3.8, 4) is 0 Å². The number of methoxy groups -OCH3 is 1. The van der Waals surface area contributed by atoms with Gasteiger partial charge in [-0.1, -0.05) is 36.8 Å². The fourth-order valence-corrected chi connectivity index (χ4v) is 3.65. The summed E-state index contributed by atoms with van der Waals surface area (Å²) in [4.78, 5) is 24.6. The summed E-state index contributed by atoms with van der Waals surface area (Å²) in [7, 11) is 1.26. The summed E-state index contributed by atoms with van der Waals surface area (Å²) < 4.78 is 10.1. The Labute approximate surface area is 134 Å². The first-order valence-electron chi connectivity index (χ1n) is 7.82. The summed E-state index contributed by atoms with van der Waals surface area (Å²) in [6, 6.07) is 9.45. The summed E-state index contributed by atoms with van der Waals surface area (Å²) in [5.41, 5.74) is -0.150. The summed E-state index contributed by atoms with van der Waals surface area (Å²) in [6.45, 7) is 0. The molecule has 1 heterocycles. The van der Waals surface area contributed by atoms with Crippen molar-refractivity contribution in [1.29, 1.82) is 0 Å². The van der Waals surface area contributed by atoms with Gasteiger partial charge in [0.2, 0.25) is 12.0 Å². The topological polar surface area (TPSA) is 72.8 Å². The number of benzene rings is 1. The second kappa shape index (κ2) is 6.16. The van der Waals surface area contributed by atoms with Crippen LogP contribution in [0.5, 0.6) is 0 Å². The first-order valence-corrected chi connectivity index (χ1v) is 7.82. The number of ether oxygens (including phenoxy) is 2. The molecule has 2 aliphatic rings. The largest absolute Gasteiger partial charge is 0.463 e. The molecule has 3 rings (SSSR count). The van der Waals surface area contributed by atoms with E-state index in [9.17, 15) is 14.7 Å². The van der Waals surface area contributed by atoms with Crippen molar-refractivity contribution in [3.05, 3.63) is 47.7 Å². The molecule has 1 fully saturated rings. The van der Waals surface area contributed by atoms with Crippen LogP contribution in [-0.2, 0) is 19.1 Å². The van der Waals surface area contributed by atoms with Gasteiger partial charge in [-0.3, -0.25) is 4.79 Å². The molecule has 1 aliphatic heterocycles. The Hall–Kier alpha value is -2.14. The molecule has 0 bridgehead atoms. The third kappa shape index (κ3) is 2.55. The van der Waals surface area contributed by atoms with Gasteiger partial charge in [0, 0.05) is 12.3 Å². The van der Waals surface area contributed by atoms with Crippen LogP contribution in [0.25, 0.3) is 0 Å². The van der Waals surface area contributed by atoms with Crippen LogP contribution in [-0.4, -0.2) is 30.3 Å². The molecule has 1 N–H and O–H groups in total. The molecule has 3 atom stereocenters. The molecule has 1 aromatic rings. The zero-order valence-corrected chi connectivity index (χ0v) is 13.0. The van der Waals surface area contributed by atoms with Crippen molar-refractivity contribution in [2.24, 2.45) is 5.41 Å². The molecule has 1 spiro atoms. The third-order valence-electron chi connectivity index (χ3n) is 4.86. The minimum Gasteiger partial charge on any atom is -0.463 e. The lowest BCUT2D eigenvalue weighted by molar-refractivity contribution is -0.191. The first-order chi connectivity index (χ1) is 11.1. The molecule has 1 aromatic carbocycles. The molecule has 5 nitrogen and oxygen atoms in total. The predicted molar refractivity (Wildman–Crippen MR) is 82.3 cm³/mol. The number of hydrogen-bond acceptors (Lipinski definition) is 5. The van der Waals surface area contributed by atoms with Gasteiger partial charge in [0.1, 0.15) is 11.2 Å². The standard InChI is InChI=1S/C18H20O5/c1-22-16(20)14-11-13(12-7-3-2-4-8-12)18(17(21)23-14)10-6-5-9-15(18)19/h2-4,7-8,11,13,17,21H,5-6,9-10H2,1H3/t13-,17?,18+/m1/s1. The van der Waals surface area contributed by atoms with Gasteiger partial charge in [-0.15, -0.1) is 0 Å². The predicted octanol–water partition coefficient (Wildman–Crippen LogP) is 2.31. The van der Waals surface area contributed by atoms with Crippen LogP contribution >= 0.6 is 0 Å². The molecule has 1 aliphatic carbocycles. The molecular formula is C18H20O5. The van der Waals surface area contributed by atoms with Crippen molar-refractivity contribution in [3.63, 3.8) is 0 Å². The van der Waals surface area contributed by atoms with E-state index in [0.717, 1.165) is 18.4 Å². The van der Waals surface area contributed by atoms with Gasteiger partial charge in [-0.25, -0.2) is 4.79 Å². The van der Waals surface area contributed by atoms with Crippen LogP contribution in [0.4, 0.5) is 0 Å². The lowest BCUT2D eigenvalue weighted by Crippen LogP contribution is -2.52. The van der Waals surface area contributed by atoms with E-state index in [1.54, 1.807) is 6.08 Å². The van der Waals surface area contributed by atoms with E-state index in [1.807, 2.05) is 30.3 Å². The number of rotatable bonds is 2. The number of hydrogen-bond donors (Lipinski definition) is 1. The Morgan fingerprint density at radius 3 is 2.70 bits per heavy atom. The number of ketones is 1. The molecule has 0 amide bonds. The maximum absolute atomic E-state index is 12.7. The first kappa shape index (κ1) is 15.7. The Morgan fingerprint density at radius 1 is 1.30 bits per heavy atom. The molecule has 23 heavy (non-hydrogen) atoms. The van der Waals surface area contributed by atoms with E-state index in [4.69, 9.17) is 9.47 Å². The van der Waals surface area contributed by atoms with Gasteiger partial charge in [0.15, 0.2) is 0 Å².